The minimum atomic E-state index is 0.157. The van der Waals surface area contributed by atoms with Crippen LogP contribution in [-0.4, -0.2) is 13.2 Å². The molecule has 0 aromatic carbocycles. The van der Waals surface area contributed by atoms with Gasteiger partial charge in [-0.3, -0.25) is 0 Å². The Kier molecular flexibility index (Phi) is 4.92. The summed E-state index contributed by atoms with van der Waals surface area (Å²) in [7, 11) is 0. The molecule has 2 nitrogen and oxygen atoms in total. The third kappa shape index (κ3) is 3.23. The Labute approximate surface area is 133 Å². The van der Waals surface area contributed by atoms with Crippen molar-refractivity contribution in [3.05, 3.63) is 9.75 Å². The standard InChI is InChI=1S/C18H30O2S/c1-7-9-17(3,4)15-13-14(20-12-11-19-13)16(21-15)18(5,6)10-8-2/h7-12H2,1-6H3. The average molecular weight is 311 g/mol. The molecule has 1 aliphatic rings. The van der Waals surface area contributed by atoms with Crippen LogP contribution in [-0.2, 0) is 10.8 Å². The van der Waals surface area contributed by atoms with Crippen molar-refractivity contribution in [2.75, 3.05) is 13.2 Å². The molecular formula is C18H30O2S. The van der Waals surface area contributed by atoms with E-state index in [1.165, 1.54) is 35.4 Å². The van der Waals surface area contributed by atoms with Gasteiger partial charge < -0.3 is 9.47 Å². The summed E-state index contributed by atoms with van der Waals surface area (Å²) in [4.78, 5) is 2.75. The fourth-order valence-electron chi connectivity index (χ4n) is 3.32. The van der Waals surface area contributed by atoms with Crippen LogP contribution in [0.5, 0.6) is 11.5 Å². The van der Waals surface area contributed by atoms with E-state index in [4.69, 9.17) is 9.47 Å². The Hall–Kier alpha value is -0.700. The Balaban J connectivity index is 2.51. The summed E-state index contributed by atoms with van der Waals surface area (Å²) in [5.74, 6) is 2.06. The SMILES string of the molecule is CCCC(C)(C)c1sc(C(C)(C)CCC)c2c1OCCO2. The topological polar surface area (TPSA) is 18.5 Å². The molecule has 2 rings (SSSR count). The Morgan fingerprint density at radius 2 is 1.19 bits per heavy atom. The first-order chi connectivity index (χ1) is 9.83. The maximum atomic E-state index is 6.03. The fourth-order valence-corrected chi connectivity index (χ4v) is 4.77. The van der Waals surface area contributed by atoms with Crippen LogP contribution in [0.15, 0.2) is 0 Å². The summed E-state index contributed by atoms with van der Waals surface area (Å²) >= 11 is 1.92. The summed E-state index contributed by atoms with van der Waals surface area (Å²) < 4.78 is 12.1. The molecule has 0 N–H and O–H groups in total. The van der Waals surface area contributed by atoms with Crippen LogP contribution < -0.4 is 9.47 Å². The first-order valence-corrected chi connectivity index (χ1v) is 9.08. The van der Waals surface area contributed by atoms with Crippen molar-refractivity contribution in [1.82, 2.24) is 0 Å². The molecule has 1 aromatic rings. The highest BCUT2D eigenvalue weighted by atomic mass is 32.1. The molecule has 0 saturated heterocycles. The maximum Gasteiger partial charge on any atom is 0.176 e. The van der Waals surface area contributed by atoms with Gasteiger partial charge in [-0.1, -0.05) is 54.4 Å². The van der Waals surface area contributed by atoms with Gasteiger partial charge in [-0.15, -0.1) is 11.3 Å². The molecule has 0 atom stereocenters. The summed E-state index contributed by atoms with van der Waals surface area (Å²) in [5, 5.41) is 0. The van der Waals surface area contributed by atoms with Crippen LogP contribution in [0.2, 0.25) is 0 Å². The summed E-state index contributed by atoms with van der Waals surface area (Å²) in [6, 6.07) is 0. The highest BCUT2D eigenvalue weighted by Crippen LogP contribution is 2.54. The molecule has 0 amide bonds. The number of ether oxygens (including phenoxy) is 2. The minimum Gasteiger partial charge on any atom is -0.485 e. The fraction of sp³-hybridized carbons (Fsp3) is 0.778. The van der Waals surface area contributed by atoms with Crippen LogP contribution in [0.3, 0.4) is 0 Å². The van der Waals surface area contributed by atoms with Crippen molar-refractivity contribution in [2.45, 2.75) is 78.1 Å². The predicted octanol–water partition coefficient (Wildman–Crippen LogP) is 5.67. The molecular weight excluding hydrogens is 280 g/mol. The van der Waals surface area contributed by atoms with E-state index in [2.05, 4.69) is 41.5 Å². The van der Waals surface area contributed by atoms with Crippen molar-refractivity contribution in [1.29, 1.82) is 0 Å². The van der Waals surface area contributed by atoms with E-state index in [1.807, 2.05) is 11.3 Å². The van der Waals surface area contributed by atoms with Crippen molar-refractivity contribution in [3.8, 4) is 11.5 Å². The monoisotopic (exact) mass is 310 g/mol. The van der Waals surface area contributed by atoms with E-state index in [9.17, 15) is 0 Å². The zero-order valence-corrected chi connectivity index (χ0v) is 15.3. The molecule has 3 heteroatoms. The average Bonchev–Trinajstić information content (AvgIpc) is 2.79. The number of rotatable bonds is 6. The lowest BCUT2D eigenvalue weighted by atomic mass is 9.84. The largest absolute Gasteiger partial charge is 0.485 e. The predicted molar refractivity (Wildman–Crippen MR) is 91.2 cm³/mol. The zero-order valence-electron chi connectivity index (χ0n) is 14.5. The first kappa shape index (κ1) is 16.7. The molecule has 120 valence electrons. The lowest BCUT2D eigenvalue weighted by Gasteiger charge is -2.26. The Bertz CT molecular complexity index is 443. The molecule has 0 saturated carbocycles. The molecule has 0 fully saturated rings. The zero-order chi connectivity index (χ0) is 15.7. The van der Waals surface area contributed by atoms with Gasteiger partial charge in [-0.05, 0) is 12.8 Å². The lowest BCUT2D eigenvalue weighted by Crippen LogP contribution is -2.21. The van der Waals surface area contributed by atoms with Gasteiger partial charge >= 0.3 is 0 Å². The van der Waals surface area contributed by atoms with Gasteiger partial charge in [0.05, 0.1) is 9.75 Å². The molecule has 0 spiro atoms. The van der Waals surface area contributed by atoms with Crippen LogP contribution in [0.4, 0.5) is 0 Å². The lowest BCUT2D eigenvalue weighted by molar-refractivity contribution is 0.166. The van der Waals surface area contributed by atoms with E-state index in [0.717, 1.165) is 11.5 Å². The second-order valence-corrected chi connectivity index (χ2v) is 8.40. The molecule has 2 heterocycles. The van der Waals surface area contributed by atoms with Crippen LogP contribution in [0.1, 0.15) is 77.0 Å². The third-order valence-corrected chi connectivity index (χ3v) is 6.26. The van der Waals surface area contributed by atoms with Crippen molar-refractivity contribution in [2.24, 2.45) is 0 Å². The van der Waals surface area contributed by atoms with E-state index in [1.54, 1.807) is 0 Å². The smallest absolute Gasteiger partial charge is 0.176 e. The molecule has 21 heavy (non-hydrogen) atoms. The first-order valence-electron chi connectivity index (χ1n) is 8.27. The second-order valence-electron chi connectivity index (χ2n) is 7.38. The van der Waals surface area contributed by atoms with Gasteiger partial charge in [0.15, 0.2) is 11.5 Å². The van der Waals surface area contributed by atoms with E-state index < -0.39 is 0 Å². The molecule has 1 aromatic heterocycles. The molecule has 0 aliphatic carbocycles. The van der Waals surface area contributed by atoms with Gasteiger partial charge in [0.2, 0.25) is 0 Å². The summed E-state index contributed by atoms with van der Waals surface area (Å²) in [6.07, 6.45) is 4.73. The summed E-state index contributed by atoms with van der Waals surface area (Å²) in [6.45, 7) is 15.2. The van der Waals surface area contributed by atoms with Crippen LogP contribution in [0, 0.1) is 0 Å². The minimum absolute atomic E-state index is 0.157. The van der Waals surface area contributed by atoms with Gasteiger partial charge in [0.1, 0.15) is 13.2 Å². The van der Waals surface area contributed by atoms with Crippen molar-refractivity contribution < 1.29 is 9.47 Å². The van der Waals surface area contributed by atoms with Gasteiger partial charge in [0, 0.05) is 10.8 Å². The molecule has 0 unspecified atom stereocenters. The number of hydrogen-bond acceptors (Lipinski definition) is 3. The van der Waals surface area contributed by atoms with Gasteiger partial charge in [0.25, 0.3) is 0 Å². The molecule has 0 bridgehead atoms. The number of hydrogen-bond donors (Lipinski definition) is 0. The Morgan fingerprint density at radius 3 is 1.52 bits per heavy atom. The van der Waals surface area contributed by atoms with E-state index >= 15 is 0 Å². The van der Waals surface area contributed by atoms with Gasteiger partial charge in [-0.2, -0.15) is 0 Å². The summed E-state index contributed by atoms with van der Waals surface area (Å²) in [5.41, 5.74) is 0.315. The number of thiophene rings is 1. The normalized spacial score (nSPS) is 15.3. The highest BCUT2D eigenvalue weighted by molar-refractivity contribution is 7.13. The number of fused-ring (bicyclic) bond motifs is 1. The maximum absolute atomic E-state index is 6.03. The molecule has 0 radical (unpaired) electrons. The third-order valence-electron chi connectivity index (χ3n) is 4.38. The molecule has 1 aliphatic heterocycles. The van der Waals surface area contributed by atoms with Gasteiger partial charge in [-0.25, -0.2) is 0 Å². The second kappa shape index (κ2) is 6.20. The van der Waals surface area contributed by atoms with Crippen LogP contribution in [0.25, 0.3) is 0 Å². The van der Waals surface area contributed by atoms with Crippen molar-refractivity contribution in [3.63, 3.8) is 0 Å². The quantitative estimate of drug-likeness (QED) is 0.673. The van der Waals surface area contributed by atoms with E-state index in [0.29, 0.717) is 13.2 Å². The highest BCUT2D eigenvalue weighted by Gasteiger charge is 2.37. The Morgan fingerprint density at radius 1 is 0.810 bits per heavy atom. The van der Waals surface area contributed by atoms with Crippen LogP contribution >= 0.6 is 11.3 Å². The van der Waals surface area contributed by atoms with E-state index in [-0.39, 0.29) is 10.8 Å². The van der Waals surface area contributed by atoms with Crippen molar-refractivity contribution >= 4 is 11.3 Å².